The molecule has 0 unspecified atom stereocenters. The van der Waals surface area contributed by atoms with E-state index in [0.717, 1.165) is 54.6 Å². The highest BCUT2D eigenvalue weighted by Gasteiger charge is 2.50. The lowest BCUT2D eigenvalue weighted by Gasteiger charge is -2.29. The molecule has 250 valence electrons. The van der Waals surface area contributed by atoms with E-state index in [4.69, 9.17) is 14.5 Å². The van der Waals surface area contributed by atoms with Crippen molar-refractivity contribution in [2.45, 2.75) is 81.9 Å². The third-order valence-corrected chi connectivity index (χ3v) is 9.98. The normalized spacial score (nSPS) is 18.3. The highest BCUT2D eigenvalue weighted by Crippen LogP contribution is 2.37. The molecule has 3 aliphatic rings. The Morgan fingerprint density at radius 2 is 1.85 bits per heavy atom. The van der Waals surface area contributed by atoms with Gasteiger partial charge in [-0.05, 0) is 63.4 Å². The van der Waals surface area contributed by atoms with Gasteiger partial charge in [-0.3, -0.25) is 9.59 Å². The minimum absolute atomic E-state index is 0.0190. The smallest absolute Gasteiger partial charge is 0.326 e. The number of carbonyl (C=O) groups excluding carboxylic acids is 2. The van der Waals surface area contributed by atoms with Gasteiger partial charge < -0.3 is 29.6 Å². The van der Waals surface area contributed by atoms with Crippen LogP contribution in [0.5, 0.6) is 5.75 Å². The Labute approximate surface area is 271 Å². The summed E-state index contributed by atoms with van der Waals surface area (Å²) in [5, 5.41) is 7.47. The van der Waals surface area contributed by atoms with Crippen molar-refractivity contribution in [3.63, 3.8) is 0 Å². The number of fused-ring (bicyclic) bond motifs is 1. The molecule has 2 N–H and O–H groups in total. The van der Waals surface area contributed by atoms with E-state index in [0.29, 0.717) is 38.1 Å². The van der Waals surface area contributed by atoms with Gasteiger partial charge in [0.25, 0.3) is 0 Å². The van der Waals surface area contributed by atoms with Crippen molar-refractivity contribution < 1.29 is 27.5 Å². The molecular weight excluding hydrogens is 608 g/mol. The molecule has 2 saturated carbocycles. The second-order valence-electron chi connectivity index (χ2n) is 12.5. The average molecular weight is 655 g/mol. The van der Waals surface area contributed by atoms with Crippen LogP contribution in [0.2, 0.25) is 0 Å². The van der Waals surface area contributed by atoms with E-state index in [9.17, 15) is 18.0 Å². The molecule has 3 fully saturated rings. The number of sulfone groups is 1. The lowest BCUT2D eigenvalue weighted by molar-refractivity contribution is -0.155. The lowest BCUT2D eigenvalue weighted by Crippen LogP contribution is -2.43. The zero-order valence-electron chi connectivity index (χ0n) is 26.8. The van der Waals surface area contributed by atoms with Crippen molar-refractivity contribution in [2.75, 3.05) is 44.1 Å². The molecule has 3 aromatic rings. The lowest BCUT2D eigenvalue weighted by atomic mass is 9.96. The Hall–Kier alpha value is -3.71. The van der Waals surface area contributed by atoms with Gasteiger partial charge in [0.15, 0.2) is 0 Å². The number of hydrogen-bond acceptors (Lipinski definition) is 10. The van der Waals surface area contributed by atoms with Crippen molar-refractivity contribution in [1.82, 2.24) is 24.8 Å². The van der Waals surface area contributed by atoms with Gasteiger partial charge in [-0.25, -0.2) is 13.4 Å². The van der Waals surface area contributed by atoms with Crippen molar-refractivity contribution in [1.29, 1.82) is 0 Å². The van der Waals surface area contributed by atoms with E-state index in [1.807, 2.05) is 41.1 Å². The molecule has 1 saturated heterocycles. The first kappa shape index (κ1) is 33.6. The number of piperidine rings is 1. The van der Waals surface area contributed by atoms with Gasteiger partial charge in [0.1, 0.15) is 33.0 Å². The van der Waals surface area contributed by atoms with Gasteiger partial charge in [0.05, 0.1) is 17.9 Å². The number of hydrogen-bond donors (Lipinski definition) is 2. The summed E-state index contributed by atoms with van der Waals surface area (Å²) in [6.07, 6.45) is 15.7. The van der Waals surface area contributed by atoms with Gasteiger partial charge in [-0.1, -0.05) is 25.3 Å². The van der Waals surface area contributed by atoms with Crippen LogP contribution in [-0.2, 0) is 24.2 Å². The standard InChI is InChI=1S/C22H28N4O3S.C11H18N2O3/c1-30(27,28)16-6-15-29-20-10-5-9-19-18(20)12-14-26(19)21-11-13-23-22(25-21)24-17-7-3-2-4-8-17;1-12-11(4-5-11)10(15)16-9-2-6-13(8-14)7-3-9/h5,9-14,17H,2-4,6-8,15-16H2,1H3,(H,23,24,25);8-9,12H,2-7H2,1H3. The zero-order chi connectivity index (χ0) is 32.6. The van der Waals surface area contributed by atoms with Gasteiger partial charge in [-0.15, -0.1) is 0 Å². The van der Waals surface area contributed by atoms with Gasteiger partial charge in [0.2, 0.25) is 12.4 Å². The molecule has 3 heterocycles. The number of nitrogens with one attached hydrogen (secondary N) is 2. The first-order chi connectivity index (χ1) is 22.2. The molecule has 2 aromatic heterocycles. The maximum atomic E-state index is 11.8. The van der Waals surface area contributed by atoms with E-state index in [-0.39, 0.29) is 17.8 Å². The Balaban J connectivity index is 0.000000219. The molecule has 0 spiro atoms. The number of ether oxygens (including phenoxy) is 2. The van der Waals surface area contributed by atoms with E-state index in [2.05, 4.69) is 15.6 Å². The average Bonchev–Trinajstić information content (AvgIpc) is 3.75. The van der Waals surface area contributed by atoms with Crippen LogP contribution in [0.4, 0.5) is 5.95 Å². The molecule has 6 rings (SSSR count). The molecule has 0 bridgehead atoms. The molecule has 1 amide bonds. The predicted octanol–water partition coefficient (Wildman–Crippen LogP) is 3.88. The van der Waals surface area contributed by atoms with Crippen LogP contribution in [0.1, 0.15) is 64.2 Å². The minimum atomic E-state index is -2.97. The zero-order valence-corrected chi connectivity index (χ0v) is 27.6. The third kappa shape index (κ3) is 8.97. The summed E-state index contributed by atoms with van der Waals surface area (Å²) in [6, 6.07) is 10.2. The Bertz CT molecular complexity index is 1580. The number of esters is 1. The van der Waals surface area contributed by atoms with Crippen LogP contribution in [0.15, 0.2) is 42.7 Å². The molecule has 46 heavy (non-hydrogen) atoms. The first-order valence-electron chi connectivity index (χ1n) is 16.3. The van der Waals surface area contributed by atoms with Gasteiger partial charge in [-0.2, -0.15) is 4.98 Å². The number of likely N-dealkylation sites (N-methyl/N-ethyl adjacent to an activating group) is 1. The van der Waals surface area contributed by atoms with E-state index < -0.39 is 15.4 Å². The fourth-order valence-corrected chi connectivity index (χ4v) is 6.64. The molecule has 13 heteroatoms. The maximum absolute atomic E-state index is 11.8. The van der Waals surface area contributed by atoms with Crippen molar-refractivity contribution in [3.05, 3.63) is 42.7 Å². The maximum Gasteiger partial charge on any atom is 0.326 e. The topological polar surface area (TPSA) is 145 Å². The molecule has 0 atom stereocenters. The van der Waals surface area contributed by atoms with Crippen molar-refractivity contribution in [2.24, 2.45) is 0 Å². The predicted molar refractivity (Wildman–Crippen MR) is 177 cm³/mol. The third-order valence-electron chi connectivity index (χ3n) is 8.95. The molecule has 0 radical (unpaired) electrons. The first-order valence-corrected chi connectivity index (χ1v) is 18.4. The number of rotatable bonds is 12. The summed E-state index contributed by atoms with van der Waals surface area (Å²) >= 11 is 0. The molecule has 2 aliphatic carbocycles. The van der Waals surface area contributed by atoms with Crippen LogP contribution in [0.25, 0.3) is 16.7 Å². The monoisotopic (exact) mass is 654 g/mol. The SMILES string of the molecule is CNC1(C(=O)OC2CCN(C=O)CC2)CC1.CS(=O)(=O)CCCOc1cccc2c1ccn2-c1ccnc(NC2CCCCC2)n1. The fourth-order valence-electron chi connectivity index (χ4n) is 6.00. The number of benzene rings is 1. The van der Waals surface area contributed by atoms with Crippen molar-refractivity contribution in [3.8, 4) is 11.6 Å². The number of nitrogens with zero attached hydrogens (tertiary/aromatic N) is 4. The largest absolute Gasteiger partial charge is 0.493 e. The summed E-state index contributed by atoms with van der Waals surface area (Å²) < 4.78 is 35.9. The van der Waals surface area contributed by atoms with Crippen LogP contribution >= 0.6 is 0 Å². The number of carbonyl (C=O) groups is 2. The Morgan fingerprint density at radius 1 is 1.09 bits per heavy atom. The number of anilines is 1. The molecular formula is C33H46N6O6S. The Morgan fingerprint density at radius 3 is 2.52 bits per heavy atom. The van der Waals surface area contributed by atoms with E-state index in [1.165, 1.54) is 38.4 Å². The summed E-state index contributed by atoms with van der Waals surface area (Å²) in [7, 11) is -1.18. The van der Waals surface area contributed by atoms with Crippen molar-refractivity contribution >= 4 is 39.1 Å². The number of aromatic nitrogens is 3. The summed E-state index contributed by atoms with van der Waals surface area (Å²) in [4.78, 5) is 33.2. The van der Waals surface area contributed by atoms with Gasteiger partial charge in [0, 0.05) is 56.0 Å². The quantitative estimate of drug-likeness (QED) is 0.168. The van der Waals surface area contributed by atoms with Crippen LogP contribution in [-0.4, -0.2) is 96.7 Å². The second kappa shape index (κ2) is 15.3. The summed E-state index contributed by atoms with van der Waals surface area (Å²) in [5.41, 5.74) is 0.583. The number of amides is 1. The fraction of sp³-hybridized carbons (Fsp3) is 0.576. The minimum Gasteiger partial charge on any atom is -0.493 e. The molecule has 1 aliphatic heterocycles. The summed E-state index contributed by atoms with van der Waals surface area (Å²) in [5.74, 6) is 2.21. The molecule has 1 aromatic carbocycles. The highest BCUT2D eigenvalue weighted by atomic mass is 32.2. The van der Waals surface area contributed by atoms with Gasteiger partial charge >= 0.3 is 5.97 Å². The van der Waals surface area contributed by atoms with E-state index >= 15 is 0 Å². The van der Waals surface area contributed by atoms with E-state index in [1.54, 1.807) is 18.1 Å². The number of likely N-dealkylation sites (tertiary alicyclic amines) is 1. The van der Waals surface area contributed by atoms with Crippen LogP contribution in [0.3, 0.4) is 0 Å². The van der Waals surface area contributed by atoms with Crippen LogP contribution < -0.4 is 15.4 Å². The summed E-state index contributed by atoms with van der Waals surface area (Å²) in [6.45, 7) is 1.74. The highest BCUT2D eigenvalue weighted by molar-refractivity contribution is 7.90. The van der Waals surface area contributed by atoms with Crippen LogP contribution in [0, 0.1) is 0 Å². The second-order valence-corrected chi connectivity index (χ2v) is 14.8. The molecule has 12 nitrogen and oxygen atoms in total. The Kier molecular flexibility index (Phi) is 11.2.